The van der Waals surface area contributed by atoms with Crippen molar-refractivity contribution in [1.82, 2.24) is 4.90 Å². The van der Waals surface area contributed by atoms with Crippen molar-refractivity contribution in [2.45, 2.75) is 11.0 Å². The SMILES string of the molecule is O=C(c1ccc(C2SCCS2)cc1)N1C[C@H]2COCC[C@@]2(C(=O)O)C1. The van der Waals surface area contributed by atoms with Gasteiger partial charge in [0.05, 0.1) is 16.6 Å². The van der Waals surface area contributed by atoms with Crippen LogP contribution in [-0.4, -0.2) is 59.7 Å². The van der Waals surface area contributed by atoms with Crippen LogP contribution in [0.1, 0.15) is 26.9 Å². The number of carboxylic acid groups (broad SMARTS) is 1. The van der Waals surface area contributed by atoms with Gasteiger partial charge in [-0.1, -0.05) is 12.1 Å². The van der Waals surface area contributed by atoms with Crippen LogP contribution in [0.4, 0.5) is 0 Å². The first-order valence-electron chi connectivity index (χ1n) is 8.54. The third kappa shape index (κ3) is 3.06. The lowest BCUT2D eigenvalue weighted by Gasteiger charge is -2.33. The average molecular weight is 380 g/mol. The number of hydrogen-bond acceptors (Lipinski definition) is 5. The van der Waals surface area contributed by atoms with Gasteiger partial charge in [0.25, 0.3) is 5.91 Å². The molecule has 4 rings (SSSR count). The minimum absolute atomic E-state index is 0.0756. The summed E-state index contributed by atoms with van der Waals surface area (Å²) in [7, 11) is 0. The molecule has 2 atom stereocenters. The molecule has 0 bridgehead atoms. The predicted octanol–water partition coefficient (Wildman–Crippen LogP) is 2.73. The Morgan fingerprint density at radius 2 is 1.92 bits per heavy atom. The Hall–Kier alpha value is -1.18. The highest BCUT2D eigenvalue weighted by molar-refractivity contribution is 8.19. The van der Waals surface area contributed by atoms with Crippen molar-refractivity contribution in [2.24, 2.45) is 11.3 Å². The number of rotatable bonds is 3. The second-order valence-corrected chi connectivity index (χ2v) is 9.59. The van der Waals surface area contributed by atoms with Gasteiger partial charge >= 0.3 is 5.97 Å². The predicted molar refractivity (Wildman–Crippen MR) is 99.0 cm³/mol. The van der Waals surface area contributed by atoms with Crippen LogP contribution >= 0.6 is 23.5 Å². The third-order valence-electron chi connectivity index (χ3n) is 5.47. The molecule has 3 fully saturated rings. The molecule has 0 unspecified atom stereocenters. The van der Waals surface area contributed by atoms with Gasteiger partial charge < -0.3 is 14.7 Å². The van der Waals surface area contributed by atoms with Crippen molar-refractivity contribution in [3.63, 3.8) is 0 Å². The number of aliphatic carboxylic acids is 1. The van der Waals surface area contributed by atoms with Crippen LogP contribution in [-0.2, 0) is 9.53 Å². The number of carbonyl (C=O) groups excluding carboxylic acids is 1. The molecule has 134 valence electrons. The molecule has 3 heterocycles. The first kappa shape index (κ1) is 17.2. The van der Waals surface area contributed by atoms with Crippen LogP contribution in [0.15, 0.2) is 24.3 Å². The number of carboxylic acids is 1. The first-order valence-corrected chi connectivity index (χ1v) is 10.6. The lowest BCUT2D eigenvalue weighted by atomic mass is 9.74. The Morgan fingerprint density at radius 1 is 1.20 bits per heavy atom. The highest BCUT2D eigenvalue weighted by Gasteiger charge is 2.54. The summed E-state index contributed by atoms with van der Waals surface area (Å²) in [4.78, 5) is 26.4. The maximum absolute atomic E-state index is 12.9. The van der Waals surface area contributed by atoms with Gasteiger partial charge in [-0.15, -0.1) is 23.5 Å². The summed E-state index contributed by atoms with van der Waals surface area (Å²) in [6.45, 7) is 1.62. The van der Waals surface area contributed by atoms with Gasteiger partial charge in [0.2, 0.25) is 0 Å². The molecule has 0 aliphatic carbocycles. The fraction of sp³-hybridized carbons (Fsp3) is 0.556. The molecule has 3 aliphatic rings. The van der Waals surface area contributed by atoms with E-state index in [2.05, 4.69) is 0 Å². The second-order valence-electron chi connectivity index (χ2n) is 6.86. The maximum atomic E-state index is 12.9. The van der Waals surface area contributed by atoms with Gasteiger partial charge in [-0.25, -0.2) is 0 Å². The van der Waals surface area contributed by atoms with Gasteiger partial charge in [0.1, 0.15) is 0 Å². The van der Waals surface area contributed by atoms with Crippen molar-refractivity contribution in [1.29, 1.82) is 0 Å². The van der Waals surface area contributed by atoms with Gasteiger partial charge in [0, 0.05) is 42.7 Å². The molecule has 1 N–H and O–H groups in total. The molecule has 5 nitrogen and oxygen atoms in total. The number of thioether (sulfide) groups is 2. The van der Waals surface area contributed by atoms with Crippen LogP contribution < -0.4 is 0 Å². The summed E-state index contributed by atoms with van der Waals surface area (Å²) < 4.78 is 5.92. The number of ether oxygens (including phenoxy) is 1. The largest absolute Gasteiger partial charge is 0.481 e. The molecule has 3 saturated heterocycles. The number of benzene rings is 1. The van der Waals surface area contributed by atoms with Gasteiger partial charge in [-0.2, -0.15) is 0 Å². The highest BCUT2D eigenvalue weighted by atomic mass is 32.2. The Bertz CT molecular complexity index is 674. The van der Waals surface area contributed by atoms with E-state index in [4.69, 9.17) is 4.74 Å². The van der Waals surface area contributed by atoms with Crippen molar-refractivity contribution >= 4 is 35.4 Å². The normalized spacial score (nSPS) is 29.6. The Kier molecular flexibility index (Phi) is 4.73. The summed E-state index contributed by atoms with van der Waals surface area (Å²) in [5.41, 5.74) is 1.04. The number of carbonyl (C=O) groups is 2. The van der Waals surface area contributed by atoms with Crippen LogP contribution in [0, 0.1) is 11.3 Å². The van der Waals surface area contributed by atoms with Crippen molar-refractivity contribution in [3.05, 3.63) is 35.4 Å². The molecule has 0 aromatic heterocycles. The third-order valence-corrected chi connectivity index (χ3v) is 8.58. The summed E-state index contributed by atoms with van der Waals surface area (Å²) >= 11 is 3.88. The van der Waals surface area contributed by atoms with Crippen LogP contribution in [0.5, 0.6) is 0 Å². The first-order chi connectivity index (χ1) is 12.1. The fourth-order valence-corrected chi connectivity index (χ4v) is 6.83. The fourth-order valence-electron chi connectivity index (χ4n) is 3.97. The molecule has 25 heavy (non-hydrogen) atoms. The minimum Gasteiger partial charge on any atom is -0.481 e. The molecule has 0 radical (unpaired) electrons. The monoisotopic (exact) mass is 379 g/mol. The second kappa shape index (κ2) is 6.85. The van der Waals surface area contributed by atoms with Crippen molar-refractivity contribution < 1.29 is 19.4 Å². The smallest absolute Gasteiger partial charge is 0.311 e. The van der Waals surface area contributed by atoms with Gasteiger partial charge in [0.15, 0.2) is 0 Å². The van der Waals surface area contributed by atoms with Crippen molar-refractivity contribution in [3.8, 4) is 0 Å². The van der Waals surface area contributed by atoms with E-state index in [-0.39, 0.29) is 18.4 Å². The molecule has 3 aliphatic heterocycles. The summed E-state index contributed by atoms with van der Waals surface area (Å²) in [6, 6.07) is 7.82. The quantitative estimate of drug-likeness (QED) is 0.871. The average Bonchev–Trinajstić information content (AvgIpc) is 3.29. The van der Waals surface area contributed by atoms with E-state index < -0.39 is 11.4 Å². The number of amides is 1. The van der Waals surface area contributed by atoms with E-state index in [1.165, 1.54) is 17.1 Å². The molecule has 0 saturated carbocycles. The number of hydrogen-bond donors (Lipinski definition) is 1. The van der Waals surface area contributed by atoms with E-state index in [0.717, 1.165) is 0 Å². The van der Waals surface area contributed by atoms with Crippen LogP contribution in [0.25, 0.3) is 0 Å². The Labute approximate surface area is 155 Å². The lowest BCUT2D eigenvalue weighted by molar-refractivity contribution is -0.157. The molecule has 0 spiro atoms. The number of fused-ring (bicyclic) bond motifs is 1. The Balaban J connectivity index is 1.50. The number of nitrogens with zero attached hydrogens (tertiary/aromatic N) is 1. The van der Waals surface area contributed by atoms with E-state index in [1.807, 2.05) is 47.8 Å². The van der Waals surface area contributed by atoms with E-state index in [1.54, 1.807) is 4.90 Å². The van der Waals surface area contributed by atoms with Crippen LogP contribution in [0.3, 0.4) is 0 Å². The standard InChI is InChI=1S/C18H21NO4S2/c20-15(12-1-3-13(4-2-12)16-24-7-8-25-16)19-9-14-10-23-6-5-18(14,11-19)17(21)22/h1-4,14,16H,5-11H2,(H,21,22)/t14-,18+/m0/s1. The maximum Gasteiger partial charge on any atom is 0.311 e. The molecular formula is C18H21NO4S2. The molecule has 1 aromatic rings. The van der Waals surface area contributed by atoms with E-state index >= 15 is 0 Å². The highest BCUT2D eigenvalue weighted by Crippen LogP contribution is 2.45. The van der Waals surface area contributed by atoms with E-state index in [9.17, 15) is 14.7 Å². The zero-order chi connectivity index (χ0) is 17.4. The minimum atomic E-state index is -0.842. The molecule has 1 amide bonds. The van der Waals surface area contributed by atoms with E-state index in [0.29, 0.717) is 36.3 Å². The zero-order valence-corrected chi connectivity index (χ0v) is 15.5. The van der Waals surface area contributed by atoms with Crippen molar-refractivity contribution in [2.75, 3.05) is 37.8 Å². The topological polar surface area (TPSA) is 66.8 Å². The lowest BCUT2D eigenvalue weighted by Crippen LogP contribution is -2.45. The zero-order valence-electron chi connectivity index (χ0n) is 13.8. The summed E-state index contributed by atoms with van der Waals surface area (Å²) in [5.74, 6) is 1.35. The Morgan fingerprint density at radius 3 is 2.56 bits per heavy atom. The number of likely N-dealkylation sites (tertiary alicyclic amines) is 1. The van der Waals surface area contributed by atoms with Gasteiger partial charge in [-0.05, 0) is 24.1 Å². The van der Waals surface area contributed by atoms with Gasteiger partial charge in [-0.3, -0.25) is 9.59 Å². The van der Waals surface area contributed by atoms with Crippen LogP contribution in [0.2, 0.25) is 0 Å². The molecular weight excluding hydrogens is 358 g/mol. The summed E-state index contributed by atoms with van der Waals surface area (Å²) in [6.07, 6.45) is 0.478. The summed E-state index contributed by atoms with van der Waals surface area (Å²) in [5, 5.41) is 9.73. The molecule has 1 aromatic carbocycles. The molecule has 7 heteroatoms.